The van der Waals surface area contributed by atoms with Crippen molar-refractivity contribution < 1.29 is 13.2 Å². The van der Waals surface area contributed by atoms with Crippen LogP contribution in [0.1, 0.15) is 49.9 Å². The Morgan fingerprint density at radius 2 is 1.81 bits per heavy atom. The molecule has 2 heterocycles. The van der Waals surface area contributed by atoms with Crippen LogP contribution in [-0.2, 0) is 10.0 Å². The van der Waals surface area contributed by atoms with E-state index >= 15 is 0 Å². The summed E-state index contributed by atoms with van der Waals surface area (Å²) in [5.74, 6) is 0.888. The quantitative estimate of drug-likeness (QED) is 0.851. The molecule has 1 amide bonds. The standard InChI is InChI=1S/C20H31N3O3S/c1-15-9-11-23(18(12-15)13-21)20(24)17-5-7-19(8-6-17)27(25,26)22-10-3-4-16(2)14-22/h5-8,15-16,18H,3-4,9-14,21H2,1-2H3. The van der Waals surface area contributed by atoms with Crippen LogP contribution >= 0.6 is 0 Å². The molecule has 27 heavy (non-hydrogen) atoms. The van der Waals surface area contributed by atoms with E-state index in [0.29, 0.717) is 43.6 Å². The van der Waals surface area contributed by atoms with Crippen molar-refractivity contribution in [1.29, 1.82) is 0 Å². The molecular weight excluding hydrogens is 362 g/mol. The fourth-order valence-corrected chi connectivity index (χ4v) is 5.79. The molecular formula is C20H31N3O3S. The lowest BCUT2D eigenvalue weighted by molar-refractivity contribution is 0.0573. The van der Waals surface area contributed by atoms with Crippen molar-refractivity contribution in [3.05, 3.63) is 29.8 Å². The first-order chi connectivity index (χ1) is 12.8. The monoisotopic (exact) mass is 393 g/mol. The van der Waals surface area contributed by atoms with Crippen LogP contribution in [0.4, 0.5) is 0 Å². The number of benzene rings is 1. The van der Waals surface area contributed by atoms with Crippen molar-refractivity contribution in [1.82, 2.24) is 9.21 Å². The minimum atomic E-state index is -3.50. The smallest absolute Gasteiger partial charge is 0.254 e. The van der Waals surface area contributed by atoms with Gasteiger partial charge in [-0.1, -0.05) is 13.8 Å². The highest BCUT2D eigenvalue weighted by Gasteiger charge is 2.31. The molecule has 0 aromatic heterocycles. The number of rotatable bonds is 4. The van der Waals surface area contributed by atoms with Gasteiger partial charge in [-0.15, -0.1) is 0 Å². The van der Waals surface area contributed by atoms with Crippen LogP contribution in [0.5, 0.6) is 0 Å². The zero-order valence-electron chi connectivity index (χ0n) is 16.3. The van der Waals surface area contributed by atoms with Gasteiger partial charge in [-0.05, 0) is 61.8 Å². The number of nitrogens with two attached hydrogens (primary N) is 1. The van der Waals surface area contributed by atoms with Gasteiger partial charge in [0.1, 0.15) is 0 Å². The van der Waals surface area contributed by atoms with Gasteiger partial charge < -0.3 is 10.6 Å². The van der Waals surface area contributed by atoms with Gasteiger partial charge in [0.25, 0.3) is 5.91 Å². The average Bonchev–Trinajstić information content (AvgIpc) is 2.67. The maximum absolute atomic E-state index is 12.9. The fourth-order valence-electron chi connectivity index (χ4n) is 4.19. The summed E-state index contributed by atoms with van der Waals surface area (Å²) in [7, 11) is -3.50. The number of hydrogen-bond donors (Lipinski definition) is 1. The largest absolute Gasteiger partial charge is 0.334 e. The molecule has 1 aromatic carbocycles. The predicted octanol–water partition coefficient (Wildman–Crippen LogP) is 2.31. The normalized spacial score (nSPS) is 27.5. The Labute approximate surface area is 162 Å². The number of likely N-dealkylation sites (tertiary alicyclic amines) is 1. The molecule has 2 fully saturated rings. The minimum absolute atomic E-state index is 0.0551. The van der Waals surface area contributed by atoms with Gasteiger partial charge in [0.05, 0.1) is 4.90 Å². The second-order valence-electron chi connectivity index (χ2n) is 8.15. The topological polar surface area (TPSA) is 83.7 Å². The molecule has 3 unspecified atom stereocenters. The molecule has 0 saturated carbocycles. The summed E-state index contributed by atoms with van der Waals surface area (Å²) < 4.78 is 27.3. The van der Waals surface area contributed by atoms with Gasteiger partial charge in [0, 0.05) is 37.8 Å². The van der Waals surface area contributed by atoms with E-state index < -0.39 is 10.0 Å². The molecule has 0 spiro atoms. The van der Waals surface area contributed by atoms with Crippen LogP contribution in [0, 0.1) is 11.8 Å². The second kappa shape index (κ2) is 8.29. The summed E-state index contributed by atoms with van der Waals surface area (Å²) in [5.41, 5.74) is 6.39. The van der Waals surface area contributed by atoms with Crippen molar-refractivity contribution in [3.8, 4) is 0 Å². The molecule has 3 atom stereocenters. The SMILES string of the molecule is CC1CCN(C(=O)c2ccc(S(=O)(=O)N3CCCC(C)C3)cc2)C(CN)C1. The van der Waals surface area contributed by atoms with E-state index in [2.05, 4.69) is 13.8 Å². The fraction of sp³-hybridized carbons (Fsp3) is 0.650. The molecule has 6 nitrogen and oxygen atoms in total. The van der Waals surface area contributed by atoms with E-state index in [1.165, 1.54) is 0 Å². The van der Waals surface area contributed by atoms with Crippen LogP contribution in [0.25, 0.3) is 0 Å². The average molecular weight is 394 g/mol. The molecule has 3 rings (SSSR count). The lowest BCUT2D eigenvalue weighted by Crippen LogP contribution is -2.49. The van der Waals surface area contributed by atoms with Crippen LogP contribution in [-0.4, -0.2) is 55.8 Å². The summed E-state index contributed by atoms with van der Waals surface area (Å²) in [6.07, 6.45) is 3.85. The molecule has 0 radical (unpaired) electrons. The molecule has 0 aliphatic carbocycles. The van der Waals surface area contributed by atoms with E-state index in [1.807, 2.05) is 4.90 Å². The van der Waals surface area contributed by atoms with Crippen molar-refractivity contribution >= 4 is 15.9 Å². The lowest BCUT2D eigenvalue weighted by Gasteiger charge is -2.38. The van der Waals surface area contributed by atoms with E-state index in [9.17, 15) is 13.2 Å². The predicted molar refractivity (Wildman–Crippen MR) is 106 cm³/mol. The van der Waals surface area contributed by atoms with Gasteiger partial charge in [-0.2, -0.15) is 4.31 Å². The van der Waals surface area contributed by atoms with E-state index in [4.69, 9.17) is 5.73 Å². The van der Waals surface area contributed by atoms with Gasteiger partial charge in [0.15, 0.2) is 0 Å². The highest BCUT2D eigenvalue weighted by Crippen LogP contribution is 2.26. The third kappa shape index (κ3) is 4.36. The summed E-state index contributed by atoms with van der Waals surface area (Å²) >= 11 is 0. The zero-order chi connectivity index (χ0) is 19.6. The lowest BCUT2D eigenvalue weighted by atomic mass is 9.92. The Morgan fingerprint density at radius 1 is 1.11 bits per heavy atom. The summed E-state index contributed by atoms with van der Waals surface area (Å²) in [5, 5.41) is 0. The Bertz CT molecular complexity index is 763. The first kappa shape index (κ1) is 20.3. The molecule has 150 valence electrons. The number of amides is 1. The number of carbonyl (C=O) groups is 1. The van der Waals surface area contributed by atoms with E-state index in [0.717, 1.165) is 25.7 Å². The molecule has 2 saturated heterocycles. The summed E-state index contributed by atoms with van der Waals surface area (Å²) in [6.45, 7) is 6.55. The maximum Gasteiger partial charge on any atom is 0.254 e. The summed E-state index contributed by atoms with van der Waals surface area (Å²) in [4.78, 5) is 15.0. The van der Waals surface area contributed by atoms with Crippen molar-refractivity contribution in [2.45, 2.75) is 50.5 Å². The van der Waals surface area contributed by atoms with Crippen molar-refractivity contribution in [2.24, 2.45) is 17.6 Å². The number of sulfonamides is 1. The number of hydrogen-bond acceptors (Lipinski definition) is 4. The van der Waals surface area contributed by atoms with Crippen molar-refractivity contribution in [3.63, 3.8) is 0 Å². The highest BCUT2D eigenvalue weighted by atomic mass is 32.2. The van der Waals surface area contributed by atoms with Gasteiger partial charge >= 0.3 is 0 Å². The Morgan fingerprint density at radius 3 is 2.44 bits per heavy atom. The van der Waals surface area contributed by atoms with Crippen LogP contribution in [0.2, 0.25) is 0 Å². The Hall–Kier alpha value is -1.44. The third-order valence-electron chi connectivity index (χ3n) is 5.87. The molecule has 2 aliphatic heterocycles. The molecule has 2 aliphatic rings. The molecule has 7 heteroatoms. The van der Waals surface area contributed by atoms with Crippen LogP contribution in [0.15, 0.2) is 29.2 Å². The number of nitrogens with zero attached hydrogens (tertiary/aromatic N) is 2. The maximum atomic E-state index is 12.9. The van der Waals surface area contributed by atoms with Crippen LogP contribution in [0.3, 0.4) is 0 Å². The van der Waals surface area contributed by atoms with Gasteiger partial charge in [0.2, 0.25) is 10.0 Å². The second-order valence-corrected chi connectivity index (χ2v) is 10.1. The van der Waals surface area contributed by atoms with Gasteiger partial charge in [-0.25, -0.2) is 8.42 Å². The molecule has 0 bridgehead atoms. The first-order valence-corrected chi connectivity index (χ1v) is 11.4. The summed E-state index contributed by atoms with van der Waals surface area (Å²) in [6, 6.07) is 6.44. The molecule has 2 N–H and O–H groups in total. The van der Waals surface area contributed by atoms with E-state index in [-0.39, 0.29) is 16.8 Å². The van der Waals surface area contributed by atoms with Crippen LogP contribution < -0.4 is 5.73 Å². The molecule has 1 aromatic rings. The van der Waals surface area contributed by atoms with E-state index in [1.54, 1.807) is 28.6 Å². The first-order valence-electron chi connectivity index (χ1n) is 9.94. The minimum Gasteiger partial charge on any atom is -0.334 e. The Kier molecular flexibility index (Phi) is 6.23. The van der Waals surface area contributed by atoms with Crippen molar-refractivity contribution in [2.75, 3.05) is 26.2 Å². The highest BCUT2D eigenvalue weighted by molar-refractivity contribution is 7.89. The zero-order valence-corrected chi connectivity index (χ0v) is 17.1. The third-order valence-corrected chi connectivity index (χ3v) is 7.75. The Balaban J connectivity index is 1.75. The number of carbonyl (C=O) groups excluding carboxylic acids is 1. The van der Waals surface area contributed by atoms with Gasteiger partial charge in [-0.3, -0.25) is 4.79 Å². The number of piperidine rings is 2.